The van der Waals surface area contributed by atoms with Gasteiger partial charge in [-0.3, -0.25) is 0 Å². The van der Waals surface area contributed by atoms with Crippen LogP contribution in [0.1, 0.15) is 28.4 Å². The molecule has 32 heavy (non-hydrogen) atoms. The van der Waals surface area contributed by atoms with Crippen molar-refractivity contribution in [2.45, 2.75) is 24.2 Å². The Morgan fingerprint density at radius 1 is 1.06 bits per heavy atom. The number of rotatable bonds is 9. The van der Waals surface area contributed by atoms with Crippen LogP contribution >= 0.6 is 0 Å². The number of nitrogens with one attached hydrogen (secondary N) is 2. The van der Waals surface area contributed by atoms with Crippen molar-refractivity contribution >= 4 is 20.9 Å². The van der Waals surface area contributed by atoms with Gasteiger partial charge in [0.05, 0.1) is 11.3 Å². The van der Waals surface area contributed by atoms with E-state index in [0.29, 0.717) is 24.6 Å². The Morgan fingerprint density at radius 2 is 1.81 bits per heavy atom. The molecule has 0 radical (unpaired) electrons. The van der Waals surface area contributed by atoms with Gasteiger partial charge >= 0.3 is 0 Å². The van der Waals surface area contributed by atoms with Crippen molar-refractivity contribution in [3.63, 3.8) is 0 Å². The predicted octanol–water partition coefficient (Wildman–Crippen LogP) is 2.74. The molecular formula is C23H27N5O3S. The number of aromatic amines is 1. The maximum Gasteiger partial charge on any atom is 0.240 e. The quantitative estimate of drug-likeness (QED) is 0.404. The molecule has 2 N–H and O–H groups in total. The first-order valence-corrected chi connectivity index (χ1v) is 11.9. The van der Waals surface area contributed by atoms with Crippen molar-refractivity contribution in [2.75, 3.05) is 27.7 Å². The lowest BCUT2D eigenvalue weighted by atomic mass is 10.1. The largest absolute Gasteiger partial charge is 0.361 e. The average Bonchev–Trinajstić information content (AvgIpc) is 3.39. The highest BCUT2D eigenvalue weighted by molar-refractivity contribution is 7.89. The molecule has 0 aliphatic carbocycles. The van der Waals surface area contributed by atoms with E-state index in [1.165, 1.54) is 18.0 Å². The first-order valence-electron chi connectivity index (χ1n) is 10.4. The van der Waals surface area contributed by atoms with Gasteiger partial charge in [-0.2, -0.15) is 4.98 Å². The van der Waals surface area contributed by atoms with Crippen LogP contribution in [-0.4, -0.2) is 56.1 Å². The van der Waals surface area contributed by atoms with E-state index in [4.69, 9.17) is 4.52 Å². The molecule has 0 amide bonds. The minimum Gasteiger partial charge on any atom is -0.361 e. The second-order valence-electron chi connectivity index (χ2n) is 8.06. The number of nitrogens with zero attached hydrogens (tertiary/aromatic N) is 3. The molecule has 0 bridgehead atoms. The SMILES string of the molecule is CNS(=O)(=O)c1ccc(Cc2noc(Cc3ccc4[nH]cc(CCN(C)C)c4c3)n2)cc1. The van der Waals surface area contributed by atoms with E-state index in [1.807, 2.05) is 0 Å². The van der Waals surface area contributed by atoms with Crippen LogP contribution in [0.2, 0.25) is 0 Å². The Morgan fingerprint density at radius 3 is 2.53 bits per heavy atom. The zero-order chi connectivity index (χ0) is 22.7. The molecule has 0 saturated heterocycles. The van der Waals surface area contributed by atoms with Crippen molar-refractivity contribution in [2.24, 2.45) is 0 Å². The monoisotopic (exact) mass is 453 g/mol. The third kappa shape index (κ3) is 5.07. The summed E-state index contributed by atoms with van der Waals surface area (Å²) >= 11 is 0. The lowest BCUT2D eigenvalue weighted by molar-refractivity contribution is 0.380. The number of likely N-dealkylation sites (N-methyl/N-ethyl adjacent to an activating group) is 1. The molecule has 4 rings (SSSR count). The second-order valence-corrected chi connectivity index (χ2v) is 9.94. The predicted molar refractivity (Wildman–Crippen MR) is 123 cm³/mol. The molecule has 0 saturated carbocycles. The van der Waals surface area contributed by atoms with Crippen LogP contribution < -0.4 is 4.72 Å². The van der Waals surface area contributed by atoms with E-state index in [0.717, 1.165) is 29.6 Å². The van der Waals surface area contributed by atoms with E-state index in [1.54, 1.807) is 24.3 Å². The summed E-state index contributed by atoms with van der Waals surface area (Å²) in [5.41, 5.74) is 4.44. The fourth-order valence-corrected chi connectivity index (χ4v) is 4.31. The summed E-state index contributed by atoms with van der Waals surface area (Å²) in [5, 5.41) is 5.31. The summed E-state index contributed by atoms with van der Waals surface area (Å²) in [7, 11) is 2.10. The number of sulfonamides is 1. The minimum absolute atomic E-state index is 0.225. The molecule has 0 unspecified atom stereocenters. The van der Waals surface area contributed by atoms with Gasteiger partial charge in [-0.25, -0.2) is 13.1 Å². The van der Waals surface area contributed by atoms with Crippen molar-refractivity contribution in [1.82, 2.24) is 24.7 Å². The highest BCUT2D eigenvalue weighted by Crippen LogP contribution is 2.22. The van der Waals surface area contributed by atoms with Crippen molar-refractivity contribution in [3.8, 4) is 0 Å². The van der Waals surface area contributed by atoms with E-state index in [9.17, 15) is 8.42 Å². The molecule has 0 aliphatic rings. The van der Waals surface area contributed by atoms with Gasteiger partial charge in [0, 0.05) is 30.1 Å². The zero-order valence-corrected chi connectivity index (χ0v) is 19.2. The number of benzene rings is 2. The maximum absolute atomic E-state index is 11.8. The van der Waals surface area contributed by atoms with Gasteiger partial charge in [0.2, 0.25) is 15.9 Å². The fraction of sp³-hybridized carbons (Fsp3) is 0.304. The molecule has 0 spiro atoms. The number of hydrogen-bond acceptors (Lipinski definition) is 6. The number of fused-ring (bicyclic) bond motifs is 1. The van der Waals surface area contributed by atoms with Gasteiger partial charge in [0.25, 0.3) is 0 Å². The number of aromatic nitrogens is 3. The summed E-state index contributed by atoms with van der Waals surface area (Å²) < 4.78 is 31.5. The second kappa shape index (κ2) is 9.23. The van der Waals surface area contributed by atoms with Crippen LogP contribution in [0.15, 0.2) is 58.1 Å². The van der Waals surface area contributed by atoms with E-state index in [-0.39, 0.29) is 4.90 Å². The fourth-order valence-electron chi connectivity index (χ4n) is 3.58. The lowest BCUT2D eigenvalue weighted by Crippen LogP contribution is -2.18. The Kier molecular flexibility index (Phi) is 6.40. The van der Waals surface area contributed by atoms with Gasteiger partial charge < -0.3 is 14.4 Å². The molecular weight excluding hydrogens is 426 g/mol. The number of H-pyrrole nitrogens is 1. The average molecular weight is 454 g/mol. The minimum atomic E-state index is -3.45. The molecule has 0 fully saturated rings. The number of hydrogen-bond donors (Lipinski definition) is 2. The summed E-state index contributed by atoms with van der Waals surface area (Å²) in [6, 6.07) is 13.0. The lowest BCUT2D eigenvalue weighted by Gasteiger charge is -2.08. The molecule has 2 heterocycles. The first-order chi connectivity index (χ1) is 15.3. The molecule has 0 aliphatic heterocycles. The van der Waals surface area contributed by atoms with Crippen LogP contribution in [0, 0.1) is 0 Å². The molecule has 4 aromatic rings. The first kappa shape index (κ1) is 22.2. The standard InChI is InChI=1S/C23H27N5O3S/c1-24-32(29,30)19-7-4-16(5-8-19)13-22-26-23(31-27-22)14-17-6-9-21-20(12-17)18(15-25-21)10-11-28(2)3/h4-9,12,15,24-25H,10-11,13-14H2,1-3H3. The van der Waals surface area contributed by atoms with Gasteiger partial charge in [-0.1, -0.05) is 23.4 Å². The molecule has 0 atom stereocenters. The molecule has 168 valence electrons. The molecule has 8 nitrogen and oxygen atoms in total. The smallest absolute Gasteiger partial charge is 0.240 e. The Balaban J connectivity index is 1.45. The van der Waals surface area contributed by atoms with Crippen molar-refractivity contribution in [3.05, 3.63) is 77.1 Å². The normalized spacial score (nSPS) is 12.1. The topological polar surface area (TPSA) is 104 Å². The Hall–Kier alpha value is -3.01. The van der Waals surface area contributed by atoms with Gasteiger partial charge in [0.1, 0.15) is 0 Å². The highest BCUT2D eigenvalue weighted by Gasteiger charge is 2.13. The summed E-state index contributed by atoms with van der Waals surface area (Å²) in [5.74, 6) is 1.12. The maximum atomic E-state index is 11.8. The van der Waals surface area contributed by atoms with E-state index < -0.39 is 10.0 Å². The third-order valence-corrected chi connectivity index (χ3v) is 6.82. The van der Waals surface area contributed by atoms with E-state index >= 15 is 0 Å². The van der Waals surface area contributed by atoms with Gasteiger partial charge in [0.15, 0.2) is 5.82 Å². The summed E-state index contributed by atoms with van der Waals surface area (Å²) in [6.07, 6.45) is 4.08. The van der Waals surface area contributed by atoms with Crippen LogP contribution in [0.3, 0.4) is 0 Å². The zero-order valence-electron chi connectivity index (χ0n) is 18.4. The van der Waals surface area contributed by atoms with Crippen molar-refractivity contribution in [1.29, 1.82) is 0 Å². The molecule has 9 heteroatoms. The van der Waals surface area contributed by atoms with Crippen molar-refractivity contribution < 1.29 is 12.9 Å². The highest BCUT2D eigenvalue weighted by atomic mass is 32.2. The van der Waals surface area contributed by atoms with E-state index in [2.05, 4.69) is 63.2 Å². The van der Waals surface area contributed by atoms with Crippen LogP contribution in [0.4, 0.5) is 0 Å². The van der Waals surface area contributed by atoms with Crippen LogP contribution in [-0.2, 0) is 29.3 Å². The van der Waals surface area contributed by atoms with Gasteiger partial charge in [-0.15, -0.1) is 0 Å². The Bertz CT molecular complexity index is 1310. The van der Waals surface area contributed by atoms with Gasteiger partial charge in [-0.05, 0) is 68.5 Å². The third-order valence-electron chi connectivity index (χ3n) is 5.39. The summed E-state index contributed by atoms with van der Waals surface area (Å²) in [4.78, 5) is 10.3. The Labute approximate surface area is 187 Å². The molecule has 2 aromatic carbocycles. The molecule has 2 aromatic heterocycles. The van der Waals surface area contributed by atoms with Crippen LogP contribution in [0.25, 0.3) is 10.9 Å². The van der Waals surface area contributed by atoms with Crippen LogP contribution in [0.5, 0.6) is 0 Å². The summed E-state index contributed by atoms with van der Waals surface area (Å²) in [6.45, 7) is 0.992.